The maximum atomic E-state index is 12.7. The van der Waals surface area contributed by atoms with Gasteiger partial charge in [0.1, 0.15) is 4.88 Å². The molecule has 128 valence electrons. The molecule has 1 aromatic rings. The number of carbonyl (C=O) groups is 1. The van der Waals surface area contributed by atoms with E-state index in [0.717, 1.165) is 67.4 Å². The van der Waals surface area contributed by atoms with Gasteiger partial charge in [-0.25, -0.2) is 4.98 Å². The van der Waals surface area contributed by atoms with Crippen molar-refractivity contribution in [3.8, 4) is 0 Å². The van der Waals surface area contributed by atoms with Crippen LogP contribution in [0.4, 0.5) is 0 Å². The lowest BCUT2D eigenvalue weighted by Crippen LogP contribution is -2.50. The standard InChI is InChI=1S/C17H26N2O3S/c1-12-15(23-13(2)18-12)16(21)19-7-5-17(6-8-19)11-14(3-9-20)4-10-22-17/h14,20H,3-11H2,1-2H3. The number of aryl methyl sites for hydroxylation is 2. The molecule has 5 nitrogen and oxygen atoms in total. The van der Waals surface area contributed by atoms with E-state index < -0.39 is 0 Å². The number of carbonyl (C=O) groups excluding carboxylic acids is 1. The molecule has 0 radical (unpaired) electrons. The first-order chi connectivity index (χ1) is 11.0. The third-order valence-corrected chi connectivity index (χ3v) is 6.25. The molecule has 1 amide bonds. The molecule has 1 aromatic heterocycles. The van der Waals surface area contributed by atoms with Crippen LogP contribution in [0.25, 0.3) is 0 Å². The van der Waals surface area contributed by atoms with Crippen LogP contribution >= 0.6 is 11.3 Å². The zero-order valence-electron chi connectivity index (χ0n) is 14.0. The number of likely N-dealkylation sites (tertiary alicyclic amines) is 1. The van der Waals surface area contributed by atoms with Crippen LogP contribution in [-0.4, -0.2) is 52.8 Å². The smallest absolute Gasteiger partial charge is 0.265 e. The van der Waals surface area contributed by atoms with E-state index in [1.165, 1.54) is 11.3 Å². The van der Waals surface area contributed by atoms with Crippen molar-refractivity contribution >= 4 is 17.2 Å². The highest BCUT2D eigenvalue weighted by Gasteiger charge is 2.41. The molecular weight excluding hydrogens is 312 g/mol. The third kappa shape index (κ3) is 3.59. The molecule has 23 heavy (non-hydrogen) atoms. The van der Waals surface area contributed by atoms with E-state index >= 15 is 0 Å². The summed E-state index contributed by atoms with van der Waals surface area (Å²) in [4.78, 5) is 19.8. The third-order valence-electron chi connectivity index (χ3n) is 5.19. The van der Waals surface area contributed by atoms with Gasteiger partial charge in [0.15, 0.2) is 0 Å². The van der Waals surface area contributed by atoms with Gasteiger partial charge in [-0.3, -0.25) is 4.79 Å². The van der Waals surface area contributed by atoms with Gasteiger partial charge in [-0.15, -0.1) is 11.3 Å². The number of rotatable bonds is 3. The number of aliphatic hydroxyl groups is 1. The average molecular weight is 338 g/mol. The van der Waals surface area contributed by atoms with Gasteiger partial charge in [0.25, 0.3) is 5.91 Å². The average Bonchev–Trinajstić information content (AvgIpc) is 2.86. The highest BCUT2D eigenvalue weighted by Crippen LogP contribution is 2.39. The summed E-state index contributed by atoms with van der Waals surface area (Å²) in [5.74, 6) is 0.674. The maximum absolute atomic E-state index is 12.7. The van der Waals surface area contributed by atoms with Crippen molar-refractivity contribution in [3.05, 3.63) is 15.6 Å². The summed E-state index contributed by atoms with van der Waals surface area (Å²) in [6.07, 6.45) is 4.74. The second-order valence-corrected chi connectivity index (χ2v) is 8.05. The van der Waals surface area contributed by atoms with E-state index in [1.807, 2.05) is 18.7 Å². The first kappa shape index (κ1) is 16.9. The Balaban J connectivity index is 1.62. The Labute approximate surface area is 141 Å². The van der Waals surface area contributed by atoms with Crippen molar-refractivity contribution in [2.45, 2.75) is 51.6 Å². The molecule has 0 saturated carbocycles. The molecule has 2 saturated heterocycles. The Morgan fingerprint density at radius 2 is 2.17 bits per heavy atom. The van der Waals surface area contributed by atoms with Gasteiger partial charge in [-0.05, 0) is 51.9 Å². The predicted molar refractivity (Wildman–Crippen MR) is 89.8 cm³/mol. The summed E-state index contributed by atoms with van der Waals surface area (Å²) in [7, 11) is 0. The minimum atomic E-state index is -0.0759. The predicted octanol–water partition coefficient (Wildman–Crippen LogP) is 2.54. The second-order valence-electron chi connectivity index (χ2n) is 6.84. The van der Waals surface area contributed by atoms with Crippen LogP contribution in [0.2, 0.25) is 0 Å². The van der Waals surface area contributed by atoms with Crippen molar-refractivity contribution in [3.63, 3.8) is 0 Å². The van der Waals surface area contributed by atoms with Crippen molar-refractivity contribution in [1.29, 1.82) is 0 Å². The summed E-state index contributed by atoms with van der Waals surface area (Å²) in [6.45, 7) is 6.39. The Morgan fingerprint density at radius 3 is 2.78 bits per heavy atom. The molecule has 1 atom stereocenters. The van der Waals surface area contributed by atoms with Gasteiger partial charge in [0.2, 0.25) is 0 Å². The first-order valence-electron chi connectivity index (χ1n) is 8.51. The van der Waals surface area contributed by atoms with E-state index in [0.29, 0.717) is 5.92 Å². The molecule has 1 unspecified atom stereocenters. The number of ether oxygens (including phenoxy) is 1. The minimum Gasteiger partial charge on any atom is -0.396 e. The fourth-order valence-corrected chi connectivity index (χ4v) is 4.79. The number of nitrogens with zero attached hydrogens (tertiary/aromatic N) is 2. The van der Waals surface area contributed by atoms with E-state index in [4.69, 9.17) is 4.74 Å². The van der Waals surface area contributed by atoms with Gasteiger partial charge in [-0.2, -0.15) is 0 Å². The summed E-state index contributed by atoms with van der Waals surface area (Å²) in [5.41, 5.74) is 0.766. The van der Waals surface area contributed by atoms with Crippen LogP contribution in [0.1, 0.15) is 52.5 Å². The van der Waals surface area contributed by atoms with Gasteiger partial charge < -0.3 is 14.7 Å². The van der Waals surface area contributed by atoms with Crippen molar-refractivity contribution in [1.82, 2.24) is 9.88 Å². The molecule has 0 bridgehead atoms. The highest BCUT2D eigenvalue weighted by molar-refractivity contribution is 7.13. The minimum absolute atomic E-state index is 0.0759. The second kappa shape index (κ2) is 6.87. The Hall–Kier alpha value is -0.980. The topological polar surface area (TPSA) is 62.7 Å². The van der Waals surface area contributed by atoms with Crippen molar-refractivity contribution in [2.24, 2.45) is 5.92 Å². The molecule has 2 aliphatic heterocycles. The highest BCUT2D eigenvalue weighted by atomic mass is 32.1. The number of hydrogen-bond donors (Lipinski definition) is 1. The van der Waals surface area contributed by atoms with Crippen LogP contribution in [0.3, 0.4) is 0 Å². The molecular formula is C17H26N2O3S. The lowest BCUT2D eigenvalue weighted by molar-refractivity contribution is -0.125. The Bertz CT molecular complexity index is 562. The Morgan fingerprint density at radius 1 is 1.43 bits per heavy atom. The summed E-state index contributed by atoms with van der Waals surface area (Å²) in [5, 5.41) is 10.1. The lowest BCUT2D eigenvalue weighted by atomic mass is 9.78. The molecule has 2 fully saturated rings. The van der Waals surface area contributed by atoms with Crippen molar-refractivity contribution in [2.75, 3.05) is 26.3 Å². The summed E-state index contributed by atoms with van der Waals surface area (Å²) >= 11 is 1.49. The zero-order valence-corrected chi connectivity index (χ0v) is 14.8. The molecule has 0 aromatic carbocycles. The fraction of sp³-hybridized carbons (Fsp3) is 0.765. The van der Waals surface area contributed by atoms with Crippen LogP contribution in [0.5, 0.6) is 0 Å². The molecule has 1 spiro atoms. The fourth-order valence-electron chi connectivity index (χ4n) is 3.90. The van der Waals surface area contributed by atoms with Crippen molar-refractivity contribution < 1.29 is 14.6 Å². The number of aromatic nitrogens is 1. The normalized spacial score (nSPS) is 24.1. The zero-order chi connectivity index (χ0) is 16.4. The molecule has 3 heterocycles. The number of thiazole rings is 1. The van der Waals surface area contributed by atoms with Crippen LogP contribution < -0.4 is 0 Å². The molecule has 2 aliphatic rings. The van der Waals surface area contributed by atoms with Crippen LogP contribution in [0, 0.1) is 19.8 Å². The van der Waals surface area contributed by atoms with Gasteiger partial charge in [-0.1, -0.05) is 0 Å². The quantitative estimate of drug-likeness (QED) is 0.920. The SMILES string of the molecule is Cc1nc(C)c(C(=O)N2CCC3(CC2)CC(CCO)CCO3)s1. The van der Waals surface area contributed by atoms with Gasteiger partial charge in [0, 0.05) is 26.3 Å². The van der Waals surface area contributed by atoms with Gasteiger partial charge >= 0.3 is 0 Å². The number of amides is 1. The van der Waals surface area contributed by atoms with Crippen LogP contribution in [-0.2, 0) is 4.74 Å². The Kier molecular flexibility index (Phi) is 5.04. The number of hydrogen-bond acceptors (Lipinski definition) is 5. The first-order valence-corrected chi connectivity index (χ1v) is 9.33. The maximum Gasteiger partial charge on any atom is 0.265 e. The molecule has 3 rings (SSSR count). The van der Waals surface area contributed by atoms with E-state index in [2.05, 4.69) is 4.98 Å². The summed E-state index contributed by atoms with van der Waals surface area (Å²) in [6, 6.07) is 0. The summed E-state index contributed by atoms with van der Waals surface area (Å²) < 4.78 is 6.12. The molecule has 0 aliphatic carbocycles. The van der Waals surface area contributed by atoms with E-state index in [-0.39, 0.29) is 18.1 Å². The number of piperidine rings is 1. The lowest BCUT2D eigenvalue weighted by Gasteiger charge is -2.46. The monoisotopic (exact) mass is 338 g/mol. The molecule has 6 heteroatoms. The van der Waals surface area contributed by atoms with Gasteiger partial charge in [0.05, 0.1) is 16.3 Å². The van der Waals surface area contributed by atoms with E-state index in [9.17, 15) is 9.90 Å². The van der Waals surface area contributed by atoms with E-state index in [1.54, 1.807) is 0 Å². The number of aliphatic hydroxyl groups excluding tert-OH is 1. The molecule has 1 N–H and O–H groups in total. The van der Waals surface area contributed by atoms with Crippen LogP contribution in [0.15, 0.2) is 0 Å². The largest absolute Gasteiger partial charge is 0.396 e.